The molecule has 6 nitrogen and oxygen atoms in total. The molecule has 0 aliphatic rings. The van der Waals surface area contributed by atoms with Crippen LogP contribution in [-0.4, -0.2) is 16.8 Å². The van der Waals surface area contributed by atoms with Crippen molar-refractivity contribution in [3.8, 4) is 0 Å². The van der Waals surface area contributed by atoms with Crippen LogP contribution in [0.25, 0.3) is 0 Å². The molecule has 132 valence electrons. The fourth-order valence-electron chi connectivity index (χ4n) is 2.26. The minimum Gasteiger partial charge on any atom is -0.444 e. The van der Waals surface area contributed by atoms with Gasteiger partial charge in [0.1, 0.15) is 11.5 Å². The second kappa shape index (κ2) is 7.49. The molecule has 2 heterocycles. The Morgan fingerprint density at radius 1 is 1.08 bits per heavy atom. The van der Waals surface area contributed by atoms with Crippen molar-refractivity contribution in [1.29, 1.82) is 0 Å². The fourth-order valence-corrected chi connectivity index (χ4v) is 2.77. The number of aromatic nitrogens is 1. The summed E-state index contributed by atoms with van der Waals surface area (Å²) < 4.78 is 19.3. The molecular formula is C18H13BrFN3O3. The van der Waals surface area contributed by atoms with E-state index in [4.69, 9.17) is 4.42 Å². The number of halogens is 2. The summed E-state index contributed by atoms with van der Waals surface area (Å²) in [6.45, 7) is 1.71. The van der Waals surface area contributed by atoms with E-state index in [2.05, 4.69) is 31.5 Å². The monoisotopic (exact) mass is 417 g/mol. The lowest BCUT2D eigenvalue weighted by molar-refractivity contribution is 0.0991. The highest BCUT2D eigenvalue weighted by Gasteiger charge is 2.18. The highest BCUT2D eigenvalue weighted by Crippen LogP contribution is 2.26. The van der Waals surface area contributed by atoms with Crippen molar-refractivity contribution in [3.05, 3.63) is 76.2 Å². The lowest BCUT2D eigenvalue weighted by Gasteiger charge is -2.12. The first-order valence-electron chi connectivity index (χ1n) is 7.53. The molecule has 0 saturated carbocycles. The molecule has 1 aromatic carbocycles. The molecule has 2 aromatic heterocycles. The van der Waals surface area contributed by atoms with Crippen LogP contribution in [0.5, 0.6) is 0 Å². The number of benzene rings is 1. The van der Waals surface area contributed by atoms with Crippen LogP contribution in [0, 0.1) is 12.7 Å². The van der Waals surface area contributed by atoms with Gasteiger partial charge in [0.25, 0.3) is 11.8 Å². The van der Waals surface area contributed by atoms with E-state index in [0.29, 0.717) is 10.2 Å². The number of carbonyl (C=O) groups excluding carboxylic acids is 2. The number of rotatable bonds is 4. The summed E-state index contributed by atoms with van der Waals surface area (Å²) in [5.41, 5.74) is 1.15. The van der Waals surface area contributed by atoms with Crippen molar-refractivity contribution in [1.82, 2.24) is 4.98 Å². The zero-order chi connectivity index (χ0) is 18.7. The Hall–Kier alpha value is -3.00. The third-order valence-corrected chi connectivity index (χ3v) is 3.86. The van der Waals surface area contributed by atoms with Gasteiger partial charge >= 0.3 is 0 Å². The molecule has 2 N–H and O–H groups in total. The van der Waals surface area contributed by atoms with E-state index in [1.165, 1.54) is 18.3 Å². The van der Waals surface area contributed by atoms with E-state index in [1.54, 1.807) is 31.2 Å². The van der Waals surface area contributed by atoms with Gasteiger partial charge in [-0.15, -0.1) is 0 Å². The van der Waals surface area contributed by atoms with Crippen LogP contribution >= 0.6 is 15.9 Å². The van der Waals surface area contributed by atoms with Gasteiger partial charge in [-0.05, 0) is 59.3 Å². The Morgan fingerprint density at radius 2 is 1.85 bits per heavy atom. The quantitative estimate of drug-likeness (QED) is 0.659. The number of hydrogen-bond donors (Lipinski definition) is 2. The largest absolute Gasteiger partial charge is 0.444 e. The predicted molar refractivity (Wildman–Crippen MR) is 97.7 cm³/mol. The lowest BCUT2D eigenvalue weighted by Crippen LogP contribution is -2.17. The number of hydrogen-bond acceptors (Lipinski definition) is 4. The van der Waals surface area contributed by atoms with Crippen LogP contribution in [0.2, 0.25) is 0 Å². The lowest BCUT2D eigenvalue weighted by atomic mass is 10.2. The summed E-state index contributed by atoms with van der Waals surface area (Å²) in [6, 6.07) is 10.2. The Morgan fingerprint density at radius 3 is 2.50 bits per heavy atom. The average molecular weight is 418 g/mol. The van der Waals surface area contributed by atoms with Crippen LogP contribution in [0.4, 0.5) is 15.8 Å². The van der Waals surface area contributed by atoms with E-state index in [1.807, 2.05) is 0 Å². The van der Waals surface area contributed by atoms with E-state index >= 15 is 0 Å². The fraction of sp³-hybridized carbons (Fsp3) is 0.0556. The maximum atomic E-state index is 13.6. The molecule has 0 radical (unpaired) electrons. The minimum absolute atomic E-state index is 0.0862. The summed E-state index contributed by atoms with van der Waals surface area (Å²) in [6.07, 6.45) is 1.49. The molecule has 0 bridgehead atoms. The number of nitrogens with one attached hydrogen (secondary N) is 2. The van der Waals surface area contributed by atoms with Crippen molar-refractivity contribution < 1.29 is 18.4 Å². The Labute approximate surface area is 156 Å². The van der Waals surface area contributed by atoms with E-state index in [0.717, 1.165) is 6.07 Å². The standard InChI is InChI=1S/C18H13BrFN3O3/c1-10-8-15(19)26-16(10)18(25)23-14-9-11(20)5-6-12(14)22-17(24)13-4-2-3-7-21-13/h2-9H,1H3,(H,22,24)(H,23,25). The second-order valence-corrected chi connectivity index (χ2v) is 6.16. The molecule has 3 rings (SSSR count). The summed E-state index contributed by atoms with van der Waals surface area (Å²) in [4.78, 5) is 28.6. The SMILES string of the molecule is Cc1cc(Br)oc1C(=O)Nc1cc(F)ccc1NC(=O)c1ccccn1. The van der Waals surface area contributed by atoms with Crippen LogP contribution in [0.3, 0.4) is 0 Å². The molecule has 3 aromatic rings. The van der Waals surface area contributed by atoms with Gasteiger partial charge in [-0.1, -0.05) is 6.07 Å². The molecule has 8 heteroatoms. The summed E-state index contributed by atoms with van der Waals surface area (Å²) in [5.74, 6) is -1.52. The Balaban J connectivity index is 1.85. The minimum atomic E-state index is -0.563. The van der Waals surface area contributed by atoms with Crippen molar-refractivity contribution >= 4 is 39.1 Å². The first kappa shape index (κ1) is 17.8. The summed E-state index contributed by atoms with van der Waals surface area (Å²) in [7, 11) is 0. The first-order valence-corrected chi connectivity index (χ1v) is 8.32. The molecular weight excluding hydrogens is 405 g/mol. The van der Waals surface area contributed by atoms with Crippen molar-refractivity contribution in [2.45, 2.75) is 6.92 Å². The zero-order valence-corrected chi connectivity index (χ0v) is 15.1. The smallest absolute Gasteiger partial charge is 0.291 e. The number of amides is 2. The van der Waals surface area contributed by atoms with Crippen LogP contribution < -0.4 is 10.6 Å². The third-order valence-electron chi connectivity index (χ3n) is 3.47. The van der Waals surface area contributed by atoms with Crippen molar-refractivity contribution in [2.75, 3.05) is 10.6 Å². The number of pyridine rings is 1. The van der Waals surface area contributed by atoms with Gasteiger partial charge < -0.3 is 15.1 Å². The van der Waals surface area contributed by atoms with Gasteiger partial charge in [0.05, 0.1) is 11.4 Å². The second-order valence-electron chi connectivity index (χ2n) is 5.38. The summed E-state index contributed by atoms with van der Waals surface area (Å²) >= 11 is 3.15. The van der Waals surface area contributed by atoms with Crippen molar-refractivity contribution in [2.24, 2.45) is 0 Å². The average Bonchev–Trinajstić information content (AvgIpc) is 2.96. The predicted octanol–water partition coefficient (Wildman–Crippen LogP) is 4.39. The molecule has 0 spiro atoms. The molecule has 0 aliphatic carbocycles. The normalized spacial score (nSPS) is 10.4. The maximum Gasteiger partial charge on any atom is 0.291 e. The van der Waals surface area contributed by atoms with Gasteiger partial charge in [0.2, 0.25) is 0 Å². The Kier molecular flexibility index (Phi) is 5.13. The number of furan rings is 1. The van der Waals surface area contributed by atoms with Crippen LogP contribution in [0.15, 0.2) is 57.7 Å². The molecule has 0 aliphatic heterocycles. The first-order chi connectivity index (χ1) is 12.4. The van der Waals surface area contributed by atoms with Gasteiger partial charge in [-0.2, -0.15) is 0 Å². The number of aryl methyl sites for hydroxylation is 1. The molecule has 26 heavy (non-hydrogen) atoms. The molecule has 2 amide bonds. The highest BCUT2D eigenvalue weighted by molar-refractivity contribution is 9.10. The molecule has 0 atom stereocenters. The number of anilines is 2. The van der Waals surface area contributed by atoms with E-state index in [-0.39, 0.29) is 22.8 Å². The van der Waals surface area contributed by atoms with Gasteiger partial charge in [0, 0.05) is 11.8 Å². The topological polar surface area (TPSA) is 84.2 Å². The van der Waals surface area contributed by atoms with Crippen molar-refractivity contribution in [3.63, 3.8) is 0 Å². The van der Waals surface area contributed by atoms with E-state index < -0.39 is 17.6 Å². The van der Waals surface area contributed by atoms with Gasteiger partial charge in [-0.25, -0.2) is 4.39 Å². The third kappa shape index (κ3) is 3.97. The zero-order valence-electron chi connectivity index (χ0n) is 13.5. The highest BCUT2D eigenvalue weighted by atomic mass is 79.9. The van der Waals surface area contributed by atoms with Gasteiger partial charge in [-0.3, -0.25) is 14.6 Å². The van der Waals surface area contributed by atoms with Gasteiger partial charge in [0.15, 0.2) is 10.4 Å². The van der Waals surface area contributed by atoms with Crippen LogP contribution in [-0.2, 0) is 0 Å². The maximum absolute atomic E-state index is 13.6. The molecule has 0 fully saturated rings. The molecule has 0 saturated heterocycles. The Bertz CT molecular complexity index is 973. The number of nitrogens with zero attached hydrogens (tertiary/aromatic N) is 1. The molecule has 0 unspecified atom stereocenters. The number of carbonyl (C=O) groups is 2. The van der Waals surface area contributed by atoms with Crippen LogP contribution in [0.1, 0.15) is 26.6 Å². The van der Waals surface area contributed by atoms with E-state index in [9.17, 15) is 14.0 Å². The summed E-state index contributed by atoms with van der Waals surface area (Å²) in [5, 5.41) is 5.16.